The molecule has 0 aromatic heterocycles. The van der Waals surface area contributed by atoms with Crippen LogP contribution in [0.4, 0.5) is 0 Å². The largest absolute Gasteiger partial charge is 0.481 e. The predicted molar refractivity (Wildman–Crippen MR) is 64.6 cm³/mol. The minimum Gasteiger partial charge on any atom is -0.481 e. The molecule has 1 heterocycles. The lowest BCUT2D eigenvalue weighted by Crippen LogP contribution is -2.50. The van der Waals surface area contributed by atoms with E-state index in [1.165, 1.54) is 6.42 Å². The van der Waals surface area contributed by atoms with Crippen LogP contribution in [0.2, 0.25) is 0 Å². The van der Waals surface area contributed by atoms with E-state index in [4.69, 9.17) is 5.11 Å². The van der Waals surface area contributed by atoms with Crippen LogP contribution in [0.3, 0.4) is 0 Å². The van der Waals surface area contributed by atoms with E-state index in [2.05, 4.69) is 16.7 Å². The number of aliphatic carboxylic acids is 1. The fourth-order valence-electron chi connectivity index (χ4n) is 2.11. The third-order valence-electron chi connectivity index (χ3n) is 3.20. The minimum absolute atomic E-state index is 0.632. The van der Waals surface area contributed by atoms with Crippen LogP contribution in [0.1, 0.15) is 27.2 Å². The lowest BCUT2D eigenvalue weighted by Gasteiger charge is -2.37. The Kier molecular flexibility index (Phi) is 4.74. The number of rotatable bonds is 5. The van der Waals surface area contributed by atoms with Crippen molar-refractivity contribution in [2.24, 2.45) is 5.41 Å². The van der Waals surface area contributed by atoms with Gasteiger partial charge in [-0.05, 0) is 26.8 Å². The van der Waals surface area contributed by atoms with Gasteiger partial charge in [0.25, 0.3) is 0 Å². The van der Waals surface area contributed by atoms with E-state index in [0.717, 1.165) is 32.7 Å². The van der Waals surface area contributed by atoms with Crippen LogP contribution in [0.15, 0.2) is 0 Å². The first kappa shape index (κ1) is 13.5. The van der Waals surface area contributed by atoms with Gasteiger partial charge >= 0.3 is 5.97 Å². The third kappa shape index (κ3) is 3.76. The number of carboxylic acids is 1. The Morgan fingerprint density at radius 3 is 2.12 bits per heavy atom. The highest BCUT2D eigenvalue weighted by atomic mass is 16.4. The summed E-state index contributed by atoms with van der Waals surface area (Å²) in [6.45, 7) is 11.8. The maximum absolute atomic E-state index is 11.0. The Morgan fingerprint density at radius 2 is 1.69 bits per heavy atom. The van der Waals surface area contributed by atoms with Gasteiger partial charge in [0.1, 0.15) is 0 Å². The molecule has 0 bridgehead atoms. The average Bonchev–Trinajstić information content (AvgIpc) is 2.21. The molecule has 1 aliphatic rings. The quantitative estimate of drug-likeness (QED) is 0.766. The summed E-state index contributed by atoms with van der Waals surface area (Å²) < 4.78 is 0. The Balaban J connectivity index is 2.34. The summed E-state index contributed by atoms with van der Waals surface area (Å²) in [5.74, 6) is -0.705. The molecule has 0 spiro atoms. The number of carboxylic acid groups (broad SMARTS) is 1. The van der Waals surface area contributed by atoms with Gasteiger partial charge in [-0.25, -0.2) is 0 Å². The van der Waals surface area contributed by atoms with E-state index < -0.39 is 11.4 Å². The molecule has 0 amide bonds. The first-order valence-corrected chi connectivity index (χ1v) is 6.14. The van der Waals surface area contributed by atoms with Gasteiger partial charge in [0.05, 0.1) is 5.41 Å². The van der Waals surface area contributed by atoms with Gasteiger partial charge in [-0.1, -0.05) is 6.92 Å². The number of piperazine rings is 1. The van der Waals surface area contributed by atoms with Gasteiger partial charge in [-0.2, -0.15) is 0 Å². The highest BCUT2D eigenvalue weighted by molar-refractivity contribution is 5.73. The van der Waals surface area contributed by atoms with E-state index in [0.29, 0.717) is 6.54 Å². The van der Waals surface area contributed by atoms with Crippen molar-refractivity contribution in [3.63, 3.8) is 0 Å². The lowest BCUT2D eigenvalue weighted by atomic mass is 9.93. The standard InChI is InChI=1S/C12H24N2O2/c1-4-5-13-6-8-14(9-7-13)10-12(2,3)11(15)16/h4-10H2,1-3H3,(H,15,16). The Hall–Kier alpha value is -0.610. The maximum Gasteiger partial charge on any atom is 0.310 e. The second-order valence-corrected chi connectivity index (χ2v) is 5.31. The van der Waals surface area contributed by atoms with Crippen LogP contribution in [0, 0.1) is 5.41 Å². The van der Waals surface area contributed by atoms with Crippen LogP contribution in [-0.4, -0.2) is 60.1 Å². The summed E-state index contributed by atoms with van der Waals surface area (Å²) >= 11 is 0. The predicted octanol–water partition coefficient (Wildman–Crippen LogP) is 1.12. The highest BCUT2D eigenvalue weighted by Crippen LogP contribution is 2.18. The molecule has 0 radical (unpaired) electrons. The summed E-state index contributed by atoms with van der Waals surface area (Å²) in [5.41, 5.74) is -0.632. The molecule has 0 aromatic rings. The topological polar surface area (TPSA) is 43.8 Å². The van der Waals surface area contributed by atoms with Crippen molar-refractivity contribution < 1.29 is 9.90 Å². The van der Waals surface area contributed by atoms with E-state index in [-0.39, 0.29) is 0 Å². The normalized spacial score (nSPS) is 19.9. The number of hydrogen-bond acceptors (Lipinski definition) is 3. The van der Waals surface area contributed by atoms with Gasteiger partial charge in [0, 0.05) is 32.7 Å². The molecular formula is C12H24N2O2. The molecule has 0 aliphatic carbocycles. The molecule has 4 heteroatoms. The van der Waals surface area contributed by atoms with Gasteiger partial charge in [0.2, 0.25) is 0 Å². The van der Waals surface area contributed by atoms with Crippen molar-refractivity contribution in [1.29, 1.82) is 0 Å². The molecule has 0 aromatic carbocycles. The number of nitrogens with zero attached hydrogens (tertiary/aromatic N) is 2. The average molecular weight is 228 g/mol. The first-order valence-electron chi connectivity index (χ1n) is 6.14. The Bertz CT molecular complexity index is 233. The molecule has 0 atom stereocenters. The Labute approximate surface area is 98.2 Å². The van der Waals surface area contributed by atoms with Crippen molar-refractivity contribution in [2.75, 3.05) is 39.3 Å². The SMILES string of the molecule is CCCN1CCN(CC(C)(C)C(=O)O)CC1. The van der Waals surface area contributed by atoms with Crippen molar-refractivity contribution in [2.45, 2.75) is 27.2 Å². The monoisotopic (exact) mass is 228 g/mol. The van der Waals surface area contributed by atoms with Crippen LogP contribution in [0.5, 0.6) is 0 Å². The molecule has 1 N–H and O–H groups in total. The second-order valence-electron chi connectivity index (χ2n) is 5.31. The summed E-state index contributed by atoms with van der Waals surface area (Å²) in [4.78, 5) is 15.7. The third-order valence-corrected chi connectivity index (χ3v) is 3.20. The molecule has 1 rings (SSSR count). The van der Waals surface area contributed by atoms with E-state index in [1.54, 1.807) is 13.8 Å². The van der Waals surface area contributed by atoms with Gasteiger partial charge in [-0.15, -0.1) is 0 Å². The fraction of sp³-hybridized carbons (Fsp3) is 0.917. The van der Waals surface area contributed by atoms with Crippen LogP contribution in [-0.2, 0) is 4.79 Å². The molecular weight excluding hydrogens is 204 g/mol. The zero-order valence-corrected chi connectivity index (χ0v) is 10.7. The maximum atomic E-state index is 11.0. The number of carbonyl (C=O) groups is 1. The summed E-state index contributed by atoms with van der Waals surface area (Å²) in [6.07, 6.45) is 1.20. The zero-order chi connectivity index (χ0) is 12.2. The van der Waals surface area contributed by atoms with E-state index in [1.807, 2.05) is 0 Å². The molecule has 1 aliphatic heterocycles. The molecule has 94 valence electrons. The van der Waals surface area contributed by atoms with Crippen LogP contribution in [0.25, 0.3) is 0 Å². The zero-order valence-electron chi connectivity index (χ0n) is 10.7. The summed E-state index contributed by atoms with van der Waals surface area (Å²) in [7, 11) is 0. The molecule has 4 nitrogen and oxygen atoms in total. The van der Waals surface area contributed by atoms with Crippen molar-refractivity contribution in [3.8, 4) is 0 Å². The summed E-state index contributed by atoms with van der Waals surface area (Å²) in [5, 5.41) is 9.07. The summed E-state index contributed by atoms with van der Waals surface area (Å²) in [6, 6.07) is 0. The second kappa shape index (κ2) is 5.64. The van der Waals surface area contributed by atoms with Crippen molar-refractivity contribution in [1.82, 2.24) is 9.80 Å². The van der Waals surface area contributed by atoms with Crippen LogP contribution >= 0.6 is 0 Å². The first-order chi connectivity index (χ1) is 7.45. The fourth-order valence-corrected chi connectivity index (χ4v) is 2.11. The molecule has 1 saturated heterocycles. The van der Waals surface area contributed by atoms with Crippen LogP contribution < -0.4 is 0 Å². The van der Waals surface area contributed by atoms with Gasteiger partial charge < -0.3 is 10.0 Å². The molecule has 16 heavy (non-hydrogen) atoms. The van der Waals surface area contributed by atoms with Crippen molar-refractivity contribution >= 4 is 5.97 Å². The molecule has 1 fully saturated rings. The van der Waals surface area contributed by atoms with Gasteiger partial charge in [0.15, 0.2) is 0 Å². The molecule has 0 saturated carbocycles. The van der Waals surface area contributed by atoms with Crippen molar-refractivity contribution in [3.05, 3.63) is 0 Å². The smallest absolute Gasteiger partial charge is 0.310 e. The Morgan fingerprint density at radius 1 is 1.19 bits per heavy atom. The van der Waals surface area contributed by atoms with E-state index >= 15 is 0 Å². The molecule has 0 unspecified atom stereocenters. The van der Waals surface area contributed by atoms with Gasteiger partial charge in [-0.3, -0.25) is 9.69 Å². The van der Waals surface area contributed by atoms with E-state index in [9.17, 15) is 4.79 Å². The number of hydrogen-bond donors (Lipinski definition) is 1. The minimum atomic E-state index is -0.705. The highest BCUT2D eigenvalue weighted by Gasteiger charge is 2.30. The lowest BCUT2D eigenvalue weighted by molar-refractivity contribution is -0.148.